The van der Waals surface area contributed by atoms with Crippen molar-refractivity contribution in [3.05, 3.63) is 60.5 Å². The number of sulfone groups is 1. The number of rotatable bonds is 3. The van der Waals surface area contributed by atoms with E-state index < -0.39 is 15.7 Å². The lowest BCUT2D eigenvalue weighted by atomic mass is 9.90. The zero-order chi connectivity index (χ0) is 20.0. The topological polar surface area (TPSA) is 62.3 Å². The number of hydrogen-bond donors (Lipinski definition) is 1. The van der Waals surface area contributed by atoms with Crippen LogP contribution in [-0.2, 0) is 9.84 Å². The summed E-state index contributed by atoms with van der Waals surface area (Å²) in [4.78, 5) is 6.91. The number of benzene rings is 2. The molecule has 0 spiro atoms. The molecule has 5 nitrogen and oxygen atoms in total. The number of nitrogens with zero attached hydrogens (tertiary/aromatic N) is 2. The Kier molecular flexibility index (Phi) is 5.70. The Balaban J connectivity index is 0.00000218. The number of piperidine rings is 1. The minimum Gasteiger partial charge on any atom is -0.369 e. The molecule has 2 saturated heterocycles. The fourth-order valence-electron chi connectivity index (χ4n) is 4.57. The molecule has 0 aliphatic carbocycles. The summed E-state index contributed by atoms with van der Waals surface area (Å²) in [5.74, 6) is 0.762. The van der Waals surface area contributed by atoms with Gasteiger partial charge in [0.15, 0.2) is 0 Å². The van der Waals surface area contributed by atoms with Crippen LogP contribution in [0.2, 0.25) is 0 Å². The molecule has 1 aromatic heterocycles. The molecule has 2 unspecified atom stereocenters. The molecule has 2 fully saturated rings. The Labute approximate surface area is 181 Å². The standard InChI is InChI=1S/C22H22FN3O2S.ClH/c23-18-4-2-5-19(10-18)29(27,28)20-9-15-3-1-6-21(22(15)25-12-20)26-13-16-7-8-24-11-17(16)14-26;/h1-6,9-10,12,16-17,24H,7-8,11,13-14H2;1H. The summed E-state index contributed by atoms with van der Waals surface area (Å²) >= 11 is 0. The number of nitrogens with one attached hydrogen (secondary N) is 1. The molecule has 0 bridgehead atoms. The fourth-order valence-corrected chi connectivity index (χ4v) is 5.84. The molecule has 2 aliphatic rings. The van der Waals surface area contributed by atoms with Crippen LogP contribution in [0.15, 0.2) is 64.5 Å². The lowest BCUT2D eigenvalue weighted by Crippen LogP contribution is -2.35. The van der Waals surface area contributed by atoms with Crippen molar-refractivity contribution < 1.29 is 12.8 Å². The van der Waals surface area contributed by atoms with Gasteiger partial charge in [-0.05, 0) is 61.7 Å². The molecular weight excluding hydrogens is 425 g/mol. The highest BCUT2D eigenvalue weighted by atomic mass is 35.5. The molecule has 2 atom stereocenters. The van der Waals surface area contributed by atoms with Gasteiger partial charge < -0.3 is 10.2 Å². The first-order valence-electron chi connectivity index (χ1n) is 9.87. The summed E-state index contributed by atoms with van der Waals surface area (Å²) in [5, 5.41) is 4.24. The SMILES string of the molecule is Cl.O=S(=O)(c1cccc(F)c1)c1cnc2c(N3CC4CCNCC4C3)cccc2c1. The van der Waals surface area contributed by atoms with Crippen LogP contribution < -0.4 is 10.2 Å². The van der Waals surface area contributed by atoms with Gasteiger partial charge in [-0.2, -0.15) is 0 Å². The number of fused-ring (bicyclic) bond motifs is 2. The van der Waals surface area contributed by atoms with Gasteiger partial charge in [-0.15, -0.1) is 12.4 Å². The zero-order valence-electron chi connectivity index (χ0n) is 16.3. The van der Waals surface area contributed by atoms with E-state index in [0.717, 1.165) is 48.8 Å². The average molecular weight is 448 g/mol. The van der Waals surface area contributed by atoms with Crippen LogP contribution in [-0.4, -0.2) is 39.6 Å². The van der Waals surface area contributed by atoms with Gasteiger partial charge in [0.25, 0.3) is 0 Å². The molecule has 1 N–H and O–H groups in total. The summed E-state index contributed by atoms with van der Waals surface area (Å²) in [6.45, 7) is 4.12. The summed E-state index contributed by atoms with van der Waals surface area (Å²) in [5.41, 5.74) is 1.85. The molecule has 0 radical (unpaired) electrons. The van der Waals surface area contributed by atoms with Crippen LogP contribution in [0.4, 0.5) is 10.1 Å². The molecule has 0 amide bonds. The molecule has 158 valence electrons. The van der Waals surface area contributed by atoms with Crippen LogP contribution in [0.1, 0.15) is 6.42 Å². The van der Waals surface area contributed by atoms with Crippen molar-refractivity contribution in [1.82, 2.24) is 10.3 Å². The van der Waals surface area contributed by atoms with E-state index in [9.17, 15) is 12.8 Å². The van der Waals surface area contributed by atoms with E-state index in [1.54, 1.807) is 6.07 Å². The summed E-state index contributed by atoms with van der Waals surface area (Å²) in [7, 11) is -3.83. The van der Waals surface area contributed by atoms with Gasteiger partial charge in [0.2, 0.25) is 9.84 Å². The number of anilines is 1. The van der Waals surface area contributed by atoms with Crippen molar-refractivity contribution in [2.75, 3.05) is 31.1 Å². The Morgan fingerprint density at radius 1 is 1.03 bits per heavy atom. The third-order valence-corrected chi connectivity index (χ3v) is 7.82. The minimum atomic E-state index is -3.83. The molecule has 2 aromatic carbocycles. The van der Waals surface area contributed by atoms with Crippen molar-refractivity contribution in [3.63, 3.8) is 0 Å². The highest BCUT2D eigenvalue weighted by molar-refractivity contribution is 7.91. The van der Waals surface area contributed by atoms with Crippen LogP contribution in [0.3, 0.4) is 0 Å². The molecule has 3 heterocycles. The molecule has 0 saturated carbocycles. The predicted molar refractivity (Wildman–Crippen MR) is 118 cm³/mol. The lowest BCUT2D eigenvalue weighted by Gasteiger charge is -2.23. The summed E-state index contributed by atoms with van der Waals surface area (Å²) < 4.78 is 39.4. The molecule has 5 rings (SSSR count). The molecular formula is C22H23ClFN3O2S. The summed E-state index contributed by atoms with van der Waals surface area (Å²) in [6, 6.07) is 12.6. The Morgan fingerprint density at radius 2 is 1.83 bits per heavy atom. The van der Waals surface area contributed by atoms with Crippen LogP contribution >= 0.6 is 12.4 Å². The Bertz CT molecular complexity index is 1170. The first kappa shape index (κ1) is 21.0. The van der Waals surface area contributed by atoms with E-state index in [2.05, 4.69) is 21.3 Å². The number of para-hydroxylation sites is 1. The fraction of sp³-hybridized carbons (Fsp3) is 0.318. The maximum absolute atomic E-state index is 13.5. The maximum atomic E-state index is 13.5. The van der Waals surface area contributed by atoms with Gasteiger partial charge in [-0.1, -0.05) is 18.2 Å². The first-order chi connectivity index (χ1) is 14.0. The normalized spacial score (nSPS) is 21.3. The Morgan fingerprint density at radius 3 is 2.63 bits per heavy atom. The second-order valence-electron chi connectivity index (χ2n) is 7.90. The number of pyridine rings is 1. The average Bonchev–Trinajstić information content (AvgIpc) is 3.17. The molecule has 2 aliphatic heterocycles. The second kappa shape index (κ2) is 8.13. The molecule has 3 aromatic rings. The smallest absolute Gasteiger partial charge is 0.208 e. The van der Waals surface area contributed by atoms with E-state index in [1.807, 2.05) is 12.1 Å². The number of hydrogen-bond acceptors (Lipinski definition) is 5. The van der Waals surface area contributed by atoms with Gasteiger partial charge in [0, 0.05) is 24.7 Å². The Hall–Kier alpha value is -2.22. The van der Waals surface area contributed by atoms with Crippen LogP contribution in [0.25, 0.3) is 10.9 Å². The van der Waals surface area contributed by atoms with Gasteiger partial charge in [0.05, 0.1) is 21.0 Å². The number of halogens is 2. The van der Waals surface area contributed by atoms with E-state index in [-0.39, 0.29) is 22.2 Å². The zero-order valence-corrected chi connectivity index (χ0v) is 17.9. The minimum absolute atomic E-state index is 0. The third kappa shape index (κ3) is 3.66. The van der Waals surface area contributed by atoms with Crippen molar-refractivity contribution >= 4 is 38.8 Å². The number of aromatic nitrogens is 1. The lowest BCUT2D eigenvalue weighted by molar-refractivity contribution is 0.318. The quantitative estimate of drug-likeness (QED) is 0.663. The molecule has 30 heavy (non-hydrogen) atoms. The highest BCUT2D eigenvalue weighted by Gasteiger charge is 2.35. The summed E-state index contributed by atoms with van der Waals surface area (Å²) in [6.07, 6.45) is 2.58. The van der Waals surface area contributed by atoms with E-state index >= 15 is 0 Å². The van der Waals surface area contributed by atoms with Crippen molar-refractivity contribution in [2.45, 2.75) is 16.2 Å². The highest BCUT2D eigenvalue weighted by Crippen LogP contribution is 2.35. The van der Waals surface area contributed by atoms with Crippen molar-refractivity contribution in [2.24, 2.45) is 11.8 Å². The second-order valence-corrected chi connectivity index (χ2v) is 9.85. The van der Waals surface area contributed by atoms with E-state index in [4.69, 9.17) is 0 Å². The van der Waals surface area contributed by atoms with Crippen LogP contribution in [0, 0.1) is 17.7 Å². The van der Waals surface area contributed by atoms with Crippen molar-refractivity contribution in [1.29, 1.82) is 0 Å². The largest absolute Gasteiger partial charge is 0.369 e. The first-order valence-corrected chi connectivity index (χ1v) is 11.4. The van der Waals surface area contributed by atoms with Gasteiger partial charge in [-0.25, -0.2) is 12.8 Å². The van der Waals surface area contributed by atoms with E-state index in [1.165, 1.54) is 30.8 Å². The van der Waals surface area contributed by atoms with Gasteiger partial charge in [0.1, 0.15) is 5.82 Å². The van der Waals surface area contributed by atoms with Gasteiger partial charge in [-0.3, -0.25) is 4.98 Å². The third-order valence-electron chi connectivity index (χ3n) is 6.10. The van der Waals surface area contributed by atoms with Crippen LogP contribution in [0.5, 0.6) is 0 Å². The maximum Gasteiger partial charge on any atom is 0.208 e. The monoisotopic (exact) mass is 447 g/mol. The van der Waals surface area contributed by atoms with Gasteiger partial charge >= 0.3 is 0 Å². The molecule has 8 heteroatoms. The van der Waals surface area contributed by atoms with Crippen molar-refractivity contribution in [3.8, 4) is 0 Å². The van der Waals surface area contributed by atoms with E-state index in [0.29, 0.717) is 11.8 Å². The predicted octanol–water partition coefficient (Wildman–Crippen LogP) is 3.67.